The van der Waals surface area contributed by atoms with Gasteiger partial charge < -0.3 is 15.4 Å². The minimum atomic E-state index is -2.91. The Morgan fingerprint density at radius 2 is 2.32 bits per heavy atom. The maximum Gasteiger partial charge on any atom is 0.265 e. The molecule has 2 atom stereocenters. The molecular weight excluding hydrogens is 357 g/mol. The van der Waals surface area contributed by atoms with E-state index in [1.807, 2.05) is 4.90 Å². The molecule has 0 radical (unpaired) electrons. The van der Waals surface area contributed by atoms with Crippen LogP contribution in [-0.4, -0.2) is 72.2 Å². The van der Waals surface area contributed by atoms with Gasteiger partial charge in [0.1, 0.15) is 6.67 Å². The fraction of sp³-hybridized carbons (Fsp3) is 0.733. The zero-order valence-electron chi connectivity index (χ0n) is 13.7. The predicted molar refractivity (Wildman–Crippen MR) is 87.3 cm³/mol. The van der Waals surface area contributed by atoms with Crippen molar-refractivity contribution < 1.29 is 22.7 Å². The summed E-state index contributed by atoms with van der Waals surface area (Å²) in [7, 11) is 0. The van der Waals surface area contributed by atoms with E-state index in [2.05, 4.69) is 4.98 Å². The first kappa shape index (κ1) is 18.4. The Morgan fingerprint density at radius 3 is 3.00 bits per heavy atom. The number of morpholine rings is 1. The number of nitrogens with two attached hydrogens (primary N) is 1. The molecule has 0 spiro atoms. The molecule has 2 saturated heterocycles. The smallest absolute Gasteiger partial charge is 0.265 e. The molecule has 6 nitrogen and oxygen atoms in total. The molecule has 2 fully saturated rings. The number of halogens is 3. The Labute approximate surface area is 147 Å². The summed E-state index contributed by atoms with van der Waals surface area (Å²) in [6, 6.07) is -0.577. The zero-order valence-corrected chi connectivity index (χ0v) is 14.5. The number of carbonyl (C=O) groups excluding carboxylic acids is 1. The van der Waals surface area contributed by atoms with Crippen LogP contribution in [0, 0.1) is 0 Å². The molecule has 2 N–H and O–H groups in total. The van der Waals surface area contributed by atoms with Gasteiger partial charge in [0.15, 0.2) is 5.13 Å². The highest BCUT2D eigenvalue weighted by molar-refractivity contribution is 7.15. The molecule has 1 amide bonds. The van der Waals surface area contributed by atoms with Gasteiger partial charge in [0, 0.05) is 38.7 Å². The molecule has 3 heterocycles. The molecule has 0 aromatic carbocycles. The minimum Gasteiger partial charge on any atom is -0.375 e. The van der Waals surface area contributed by atoms with Gasteiger partial charge >= 0.3 is 0 Å². The van der Waals surface area contributed by atoms with Crippen LogP contribution in [0.1, 0.15) is 23.8 Å². The Morgan fingerprint density at radius 1 is 1.52 bits per heavy atom. The lowest BCUT2D eigenvalue weighted by Crippen LogP contribution is -2.52. The number of nitrogen functional groups attached to an aromatic ring is 1. The quantitative estimate of drug-likeness (QED) is 0.844. The van der Waals surface area contributed by atoms with Crippen LogP contribution >= 0.6 is 11.3 Å². The summed E-state index contributed by atoms with van der Waals surface area (Å²) in [4.78, 5) is 20.1. The Kier molecular flexibility index (Phi) is 5.49. The molecule has 0 bridgehead atoms. The van der Waals surface area contributed by atoms with Crippen LogP contribution in [0.25, 0.3) is 0 Å². The highest BCUT2D eigenvalue weighted by Gasteiger charge is 2.43. The molecule has 140 valence electrons. The summed E-state index contributed by atoms with van der Waals surface area (Å²) in [5.41, 5.74) is 5.68. The average Bonchev–Trinajstić information content (AvgIpc) is 3.01. The van der Waals surface area contributed by atoms with Gasteiger partial charge in [-0.1, -0.05) is 0 Å². The topological polar surface area (TPSA) is 71.7 Å². The van der Waals surface area contributed by atoms with Gasteiger partial charge in [0.2, 0.25) is 5.91 Å². The SMILES string of the molecule is Nc1ncc(C(CN2CCO[C@H](CF)C2)N2CC(F)(F)CCC2=O)s1. The lowest BCUT2D eigenvalue weighted by molar-refractivity contribution is -0.152. The third-order valence-electron chi connectivity index (χ3n) is 4.50. The molecule has 1 aromatic rings. The maximum absolute atomic E-state index is 13.9. The Hall–Kier alpha value is -1.39. The summed E-state index contributed by atoms with van der Waals surface area (Å²) in [6.45, 7) is 0.388. The van der Waals surface area contributed by atoms with Crippen LogP contribution in [0.2, 0.25) is 0 Å². The van der Waals surface area contributed by atoms with Crippen molar-refractivity contribution in [1.82, 2.24) is 14.8 Å². The number of aromatic nitrogens is 1. The van der Waals surface area contributed by atoms with Crippen LogP contribution in [0.4, 0.5) is 18.3 Å². The average molecular weight is 378 g/mol. The number of hydrogen-bond acceptors (Lipinski definition) is 6. The summed E-state index contributed by atoms with van der Waals surface area (Å²) < 4.78 is 46.0. The standard InChI is InChI=1S/C15H21F3N4O2S/c16-5-10-7-21(3-4-24-10)8-11(12-6-20-14(19)25-12)22-9-15(17,18)2-1-13(22)23/h6,10-11H,1-5,7-9H2,(H2,19,20)/t10-,11?/m1/s1. The molecule has 25 heavy (non-hydrogen) atoms. The van der Waals surface area contributed by atoms with Crippen molar-refractivity contribution in [3.8, 4) is 0 Å². The van der Waals surface area contributed by atoms with Gasteiger partial charge in [-0.15, -0.1) is 11.3 Å². The summed E-state index contributed by atoms with van der Waals surface area (Å²) in [6.07, 6.45) is 0.382. The highest BCUT2D eigenvalue weighted by atomic mass is 32.1. The molecular formula is C15H21F3N4O2S. The van der Waals surface area contributed by atoms with Crippen LogP contribution in [0.3, 0.4) is 0 Å². The van der Waals surface area contributed by atoms with E-state index >= 15 is 0 Å². The summed E-state index contributed by atoms with van der Waals surface area (Å²) >= 11 is 1.18. The van der Waals surface area contributed by atoms with E-state index in [9.17, 15) is 18.0 Å². The number of piperidine rings is 1. The number of rotatable bonds is 5. The van der Waals surface area contributed by atoms with Crippen molar-refractivity contribution >= 4 is 22.4 Å². The molecule has 10 heteroatoms. The number of anilines is 1. The number of ether oxygens (including phenoxy) is 1. The first-order valence-electron chi connectivity index (χ1n) is 8.16. The van der Waals surface area contributed by atoms with E-state index in [-0.39, 0.29) is 12.3 Å². The van der Waals surface area contributed by atoms with E-state index in [0.29, 0.717) is 36.2 Å². The van der Waals surface area contributed by atoms with E-state index < -0.39 is 37.7 Å². The van der Waals surface area contributed by atoms with Gasteiger partial charge in [-0.25, -0.2) is 18.2 Å². The van der Waals surface area contributed by atoms with E-state index in [4.69, 9.17) is 10.5 Å². The number of thiazole rings is 1. The van der Waals surface area contributed by atoms with Gasteiger partial charge in [-0.2, -0.15) is 0 Å². The van der Waals surface area contributed by atoms with Crippen LogP contribution in [-0.2, 0) is 9.53 Å². The van der Waals surface area contributed by atoms with E-state index in [1.165, 1.54) is 22.4 Å². The molecule has 1 aromatic heterocycles. The van der Waals surface area contributed by atoms with E-state index in [0.717, 1.165) is 0 Å². The fourth-order valence-corrected chi connectivity index (χ4v) is 4.01. The van der Waals surface area contributed by atoms with Crippen molar-refractivity contribution in [2.45, 2.75) is 30.9 Å². The number of alkyl halides is 3. The summed E-state index contributed by atoms with van der Waals surface area (Å²) in [5.74, 6) is -3.22. The highest BCUT2D eigenvalue weighted by Crippen LogP contribution is 2.36. The number of carbonyl (C=O) groups is 1. The monoisotopic (exact) mass is 378 g/mol. The predicted octanol–water partition coefficient (Wildman–Crippen LogP) is 1.69. The first-order valence-corrected chi connectivity index (χ1v) is 8.98. The van der Waals surface area contributed by atoms with Gasteiger partial charge in [-0.05, 0) is 0 Å². The second-order valence-corrected chi connectivity index (χ2v) is 7.49. The molecule has 3 rings (SSSR count). The van der Waals surface area contributed by atoms with Crippen molar-refractivity contribution in [1.29, 1.82) is 0 Å². The largest absolute Gasteiger partial charge is 0.375 e. The first-order chi connectivity index (χ1) is 11.9. The van der Waals surface area contributed by atoms with Crippen molar-refractivity contribution in [2.75, 3.05) is 45.2 Å². The number of amides is 1. The zero-order chi connectivity index (χ0) is 18.0. The lowest BCUT2D eigenvalue weighted by Gasteiger charge is -2.41. The molecule has 2 aliphatic heterocycles. The van der Waals surface area contributed by atoms with Crippen molar-refractivity contribution in [3.63, 3.8) is 0 Å². The van der Waals surface area contributed by atoms with E-state index in [1.54, 1.807) is 0 Å². The minimum absolute atomic E-state index is 0.187. The van der Waals surface area contributed by atoms with Gasteiger partial charge in [-0.3, -0.25) is 9.69 Å². The van der Waals surface area contributed by atoms with Crippen LogP contribution in [0.5, 0.6) is 0 Å². The van der Waals surface area contributed by atoms with Crippen molar-refractivity contribution in [2.24, 2.45) is 0 Å². The van der Waals surface area contributed by atoms with Crippen molar-refractivity contribution in [3.05, 3.63) is 11.1 Å². The normalized spacial score (nSPS) is 26.0. The Bertz CT molecular complexity index is 615. The number of hydrogen-bond donors (Lipinski definition) is 1. The number of nitrogens with zero attached hydrogens (tertiary/aromatic N) is 3. The number of likely N-dealkylation sites (tertiary alicyclic amines) is 1. The lowest BCUT2D eigenvalue weighted by atomic mass is 10.0. The molecule has 0 saturated carbocycles. The molecule has 0 aliphatic carbocycles. The third kappa shape index (κ3) is 4.42. The molecule has 1 unspecified atom stereocenters. The molecule has 2 aliphatic rings. The Balaban J connectivity index is 1.81. The summed E-state index contributed by atoms with van der Waals surface area (Å²) in [5, 5.41) is 0.319. The fourth-order valence-electron chi connectivity index (χ4n) is 3.21. The second-order valence-electron chi connectivity index (χ2n) is 6.40. The van der Waals surface area contributed by atoms with Crippen LogP contribution in [0.15, 0.2) is 6.20 Å². The maximum atomic E-state index is 13.9. The van der Waals surface area contributed by atoms with Gasteiger partial charge in [0.05, 0.1) is 30.2 Å². The second kappa shape index (κ2) is 7.46. The third-order valence-corrected chi connectivity index (χ3v) is 5.43. The van der Waals surface area contributed by atoms with Gasteiger partial charge in [0.25, 0.3) is 5.92 Å². The van der Waals surface area contributed by atoms with Crippen LogP contribution < -0.4 is 5.73 Å².